The SMILES string of the molecule is CCCC(=O)c1ccccc1.O=c1oc2ccc1cc2. The van der Waals surface area contributed by atoms with E-state index in [9.17, 15) is 9.59 Å². The molecule has 0 spiro atoms. The highest BCUT2D eigenvalue weighted by molar-refractivity contribution is 5.95. The summed E-state index contributed by atoms with van der Waals surface area (Å²) in [6, 6.07) is 16.5. The maximum Gasteiger partial charge on any atom is 0.343 e. The highest BCUT2D eigenvalue weighted by Crippen LogP contribution is 2.05. The Bertz CT molecular complexity index is 693. The zero-order valence-corrected chi connectivity index (χ0v) is 11.3. The van der Waals surface area contributed by atoms with Crippen molar-refractivity contribution in [1.82, 2.24) is 0 Å². The molecule has 2 heterocycles. The minimum atomic E-state index is -0.241. The molecule has 0 radical (unpaired) electrons. The minimum absolute atomic E-state index is 0.241. The molecular weight excluding hydrogens is 252 g/mol. The third-order valence-corrected chi connectivity index (χ3v) is 2.87. The van der Waals surface area contributed by atoms with E-state index in [1.54, 1.807) is 24.3 Å². The average Bonchev–Trinajstić information content (AvgIpc) is 2.50. The van der Waals surface area contributed by atoms with Crippen LogP contribution in [-0.2, 0) is 0 Å². The van der Waals surface area contributed by atoms with E-state index in [-0.39, 0.29) is 11.4 Å². The molecule has 2 bridgehead atoms. The number of benzene rings is 2. The second-order valence-corrected chi connectivity index (χ2v) is 4.45. The summed E-state index contributed by atoms with van der Waals surface area (Å²) in [5.74, 6) is 0.244. The van der Waals surface area contributed by atoms with Crippen LogP contribution in [0.5, 0.6) is 0 Å². The van der Waals surface area contributed by atoms with Crippen LogP contribution in [0.2, 0.25) is 0 Å². The van der Waals surface area contributed by atoms with Crippen LogP contribution in [0.4, 0.5) is 0 Å². The van der Waals surface area contributed by atoms with E-state index in [1.165, 1.54) is 0 Å². The van der Waals surface area contributed by atoms with Crippen molar-refractivity contribution >= 4 is 16.8 Å². The molecule has 102 valence electrons. The maximum atomic E-state index is 11.2. The van der Waals surface area contributed by atoms with E-state index in [0.29, 0.717) is 17.4 Å². The molecule has 20 heavy (non-hydrogen) atoms. The van der Waals surface area contributed by atoms with Crippen LogP contribution < -0.4 is 5.63 Å². The standard InChI is InChI=1S/C10H12O.C7H4O2/c1-2-6-10(11)9-7-4-3-5-8-9;8-7-5-1-3-6(9-7)4-2-5/h3-5,7-8H,2,6H2,1H3;1-4H. The van der Waals surface area contributed by atoms with Crippen LogP contribution in [-0.4, -0.2) is 5.78 Å². The topological polar surface area (TPSA) is 47.3 Å². The summed E-state index contributed by atoms with van der Waals surface area (Å²) < 4.78 is 4.75. The third kappa shape index (κ3) is 3.54. The van der Waals surface area contributed by atoms with Gasteiger partial charge in [-0.3, -0.25) is 4.79 Å². The molecule has 0 aliphatic heterocycles. The first-order chi connectivity index (χ1) is 9.70. The number of hydrogen-bond donors (Lipinski definition) is 0. The summed E-state index contributed by atoms with van der Waals surface area (Å²) in [5.41, 5.74) is 1.22. The number of carbonyl (C=O) groups excluding carboxylic acids is 1. The summed E-state index contributed by atoms with van der Waals surface area (Å²) in [5, 5.41) is 0.630. The van der Waals surface area contributed by atoms with Gasteiger partial charge in [0.1, 0.15) is 5.58 Å². The third-order valence-electron chi connectivity index (χ3n) is 2.87. The lowest BCUT2D eigenvalue weighted by Crippen LogP contribution is -1.98. The second-order valence-electron chi connectivity index (χ2n) is 4.45. The Morgan fingerprint density at radius 2 is 1.65 bits per heavy atom. The fourth-order valence-corrected chi connectivity index (χ4v) is 1.82. The fourth-order valence-electron chi connectivity index (χ4n) is 1.82. The highest BCUT2D eigenvalue weighted by atomic mass is 16.4. The number of carbonyl (C=O) groups is 1. The second kappa shape index (κ2) is 6.66. The molecule has 0 amide bonds. The molecule has 0 atom stereocenters. The first-order valence-electron chi connectivity index (χ1n) is 6.61. The molecule has 0 aliphatic carbocycles. The van der Waals surface area contributed by atoms with Gasteiger partial charge < -0.3 is 4.42 Å². The summed E-state index contributed by atoms with van der Waals surface area (Å²) in [4.78, 5) is 21.9. The van der Waals surface area contributed by atoms with Crippen LogP contribution in [0.3, 0.4) is 0 Å². The zero-order chi connectivity index (χ0) is 14.4. The van der Waals surface area contributed by atoms with Gasteiger partial charge >= 0.3 is 5.63 Å². The lowest BCUT2D eigenvalue weighted by molar-refractivity contribution is 0.0982. The van der Waals surface area contributed by atoms with Crippen molar-refractivity contribution in [1.29, 1.82) is 0 Å². The number of rotatable bonds is 3. The lowest BCUT2D eigenvalue weighted by Gasteiger charge is -1.96. The van der Waals surface area contributed by atoms with Crippen LogP contribution >= 0.6 is 0 Å². The average molecular weight is 268 g/mol. The fraction of sp³-hybridized carbons (Fsp3) is 0.176. The Labute approximate surface area is 117 Å². The van der Waals surface area contributed by atoms with Gasteiger partial charge in [-0.15, -0.1) is 0 Å². The Balaban J connectivity index is 0.000000149. The Hall–Kier alpha value is -2.42. The highest BCUT2D eigenvalue weighted by Gasteiger charge is 2.01. The van der Waals surface area contributed by atoms with Gasteiger partial charge in [-0.1, -0.05) is 37.3 Å². The minimum Gasteiger partial charge on any atom is -0.423 e. The van der Waals surface area contributed by atoms with Crippen molar-refractivity contribution in [2.45, 2.75) is 19.8 Å². The zero-order valence-electron chi connectivity index (χ0n) is 11.3. The van der Waals surface area contributed by atoms with Gasteiger partial charge in [-0.2, -0.15) is 0 Å². The molecule has 0 saturated heterocycles. The van der Waals surface area contributed by atoms with Gasteiger partial charge in [0, 0.05) is 12.0 Å². The van der Waals surface area contributed by atoms with Crippen LogP contribution in [0.15, 0.2) is 63.8 Å². The molecule has 3 heteroatoms. The largest absolute Gasteiger partial charge is 0.423 e. The summed E-state index contributed by atoms with van der Waals surface area (Å²) in [7, 11) is 0. The molecule has 0 saturated carbocycles. The Kier molecular flexibility index (Phi) is 4.66. The van der Waals surface area contributed by atoms with Crippen LogP contribution in [0.25, 0.3) is 11.0 Å². The monoisotopic (exact) mass is 268 g/mol. The summed E-state index contributed by atoms with van der Waals surface area (Å²) >= 11 is 0. The number of hydrogen-bond acceptors (Lipinski definition) is 3. The van der Waals surface area contributed by atoms with E-state index in [2.05, 4.69) is 0 Å². The van der Waals surface area contributed by atoms with Crippen molar-refractivity contribution in [3.63, 3.8) is 0 Å². The van der Waals surface area contributed by atoms with E-state index in [4.69, 9.17) is 4.42 Å². The van der Waals surface area contributed by atoms with E-state index < -0.39 is 0 Å². The molecule has 2 aromatic heterocycles. The molecule has 0 aliphatic rings. The van der Waals surface area contributed by atoms with Gasteiger partial charge in [0.25, 0.3) is 0 Å². The first kappa shape index (κ1) is 14.0. The van der Waals surface area contributed by atoms with E-state index >= 15 is 0 Å². The lowest BCUT2D eigenvalue weighted by atomic mass is 10.1. The van der Waals surface area contributed by atoms with Crippen LogP contribution in [0.1, 0.15) is 30.1 Å². The summed E-state index contributed by atoms with van der Waals surface area (Å²) in [6.07, 6.45) is 1.58. The van der Waals surface area contributed by atoms with Crippen molar-refractivity contribution < 1.29 is 9.21 Å². The quantitative estimate of drug-likeness (QED) is 0.677. The van der Waals surface area contributed by atoms with Gasteiger partial charge in [0.05, 0.1) is 5.39 Å². The molecule has 4 aromatic rings. The van der Waals surface area contributed by atoms with Crippen LogP contribution in [0, 0.1) is 0 Å². The molecule has 0 N–H and O–H groups in total. The first-order valence-corrected chi connectivity index (χ1v) is 6.61. The molecule has 0 unspecified atom stereocenters. The number of ketones is 1. The van der Waals surface area contributed by atoms with Gasteiger partial charge in [0.2, 0.25) is 0 Å². The molecule has 2 aromatic carbocycles. The number of fused-ring (bicyclic) bond motifs is 3. The van der Waals surface area contributed by atoms with Crippen molar-refractivity contribution in [2.75, 3.05) is 0 Å². The smallest absolute Gasteiger partial charge is 0.343 e. The molecule has 0 fully saturated rings. The van der Waals surface area contributed by atoms with Gasteiger partial charge in [-0.05, 0) is 30.7 Å². The Morgan fingerprint density at radius 3 is 2.05 bits per heavy atom. The van der Waals surface area contributed by atoms with Crippen molar-refractivity contribution in [3.05, 3.63) is 70.6 Å². The number of Topliss-reactive ketones (excluding diaryl/α,β-unsaturated/α-hetero) is 1. The normalized spacial score (nSPS) is 10.1. The Morgan fingerprint density at radius 1 is 1.00 bits per heavy atom. The van der Waals surface area contributed by atoms with E-state index in [1.807, 2.05) is 37.3 Å². The summed E-state index contributed by atoms with van der Waals surface area (Å²) in [6.45, 7) is 2.01. The molecular formula is C17H16O3. The van der Waals surface area contributed by atoms with E-state index in [0.717, 1.165) is 12.0 Å². The maximum absolute atomic E-state index is 11.2. The van der Waals surface area contributed by atoms with Crippen molar-refractivity contribution in [2.24, 2.45) is 0 Å². The molecule has 4 rings (SSSR count). The molecule has 3 nitrogen and oxygen atoms in total. The van der Waals surface area contributed by atoms with Gasteiger partial charge in [-0.25, -0.2) is 4.79 Å². The van der Waals surface area contributed by atoms with Gasteiger partial charge in [0.15, 0.2) is 5.78 Å². The predicted octanol–water partition coefficient (Wildman–Crippen LogP) is 3.90. The predicted molar refractivity (Wildman–Crippen MR) is 79.4 cm³/mol. The van der Waals surface area contributed by atoms with Crippen molar-refractivity contribution in [3.8, 4) is 0 Å².